The largest absolute Gasteiger partial charge is 0.444 e. The van der Waals surface area contributed by atoms with Crippen molar-refractivity contribution in [3.63, 3.8) is 0 Å². The Kier molecular flexibility index (Phi) is 10.6. The number of amides is 4. The third-order valence-electron chi connectivity index (χ3n) is 7.66. The fourth-order valence-corrected chi connectivity index (χ4v) is 6.01. The van der Waals surface area contributed by atoms with Crippen LogP contribution in [0.2, 0.25) is 0 Å². The highest BCUT2D eigenvalue weighted by Crippen LogP contribution is 2.28. The Morgan fingerprint density at radius 2 is 1.73 bits per heavy atom. The number of hydrogen-bond acceptors (Lipinski definition) is 9. The van der Waals surface area contributed by atoms with Crippen molar-refractivity contribution in [2.75, 3.05) is 26.2 Å². The number of thiazole rings is 1. The molecule has 0 spiro atoms. The Labute approximate surface area is 268 Å². The van der Waals surface area contributed by atoms with E-state index < -0.39 is 47.1 Å². The van der Waals surface area contributed by atoms with E-state index in [1.54, 1.807) is 32.1 Å². The van der Waals surface area contributed by atoms with Gasteiger partial charge < -0.3 is 35.0 Å². The molecule has 12 nitrogen and oxygen atoms in total. The Hall–Kier alpha value is -3.55. The zero-order valence-corrected chi connectivity index (χ0v) is 27.9. The molecular weight excluding hydrogens is 598 g/mol. The van der Waals surface area contributed by atoms with Crippen molar-refractivity contribution in [2.24, 2.45) is 5.41 Å². The predicted molar refractivity (Wildman–Crippen MR) is 169 cm³/mol. The number of ether oxygens (including phenoxy) is 2. The van der Waals surface area contributed by atoms with Gasteiger partial charge in [0.2, 0.25) is 17.7 Å². The number of nitrogens with one attached hydrogen (secondary N) is 2. The van der Waals surface area contributed by atoms with E-state index in [4.69, 9.17) is 9.47 Å². The van der Waals surface area contributed by atoms with Crippen LogP contribution in [-0.4, -0.2) is 99.8 Å². The van der Waals surface area contributed by atoms with E-state index in [-0.39, 0.29) is 38.1 Å². The summed E-state index contributed by atoms with van der Waals surface area (Å²) in [5.41, 5.74) is 3.43. The van der Waals surface area contributed by atoms with Crippen LogP contribution in [-0.2, 0) is 30.4 Å². The molecular formula is C32H45N5O7S. The topological polar surface area (TPSA) is 150 Å². The Balaban J connectivity index is 1.30. The monoisotopic (exact) mass is 643 g/mol. The van der Waals surface area contributed by atoms with Crippen LogP contribution in [0.5, 0.6) is 0 Å². The van der Waals surface area contributed by atoms with Gasteiger partial charge >= 0.3 is 6.09 Å². The Bertz CT molecular complexity index is 1380. The van der Waals surface area contributed by atoms with Gasteiger partial charge in [-0.05, 0) is 44.2 Å². The molecule has 246 valence electrons. The molecule has 0 bridgehead atoms. The highest BCUT2D eigenvalue weighted by Gasteiger charge is 2.44. The molecule has 4 amide bonds. The summed E-state index contributed by atoms with van der Waals surface area (Å²) >= 11 is 1.57. The molecule has 0 saturated carbocycles. The van der Waals surface area contributed by atoms with Crippen molar-refractivity contribution in [1.82, 2.24) is 25.4 Å². The molecule has 4 rings (SSSR count). The number of nitrogens with zero attached hydrogens (tertiary/aromatic N) is 3. The minimum Gasteiger partial charge on any atom is -0.444 e. The van der Waals surface area contributed by atoms with Crippen molar-refractivity contribution in [2.45, 2.75) is 91.3 Å². The van der Waals surface area contributed by atoms with Gasteiger partial charge in [0, 0.05) is 19.5 Å². The lowest BCUT2D eigenvalue weighted by Crippen LogP contribution is -2.59. The number of aryl methyl sites for hydroxylation is 1. The van der Waals surface area contributed by atoms with E-state index in [0.29, 0.717) is 13.1 Å². The number of likely N-dealkylation sites (tertiary alicyclic amines) is 2. The number of β-amino-alcohol motifs (C(OH)–C–C–N with tert-alkyl or cyclic N) is 1. The molecule has 3 N–H and O–H groups in total. The van der Waals surface area contributed by atoms with E-state index in [9.17, 15) is 24.3 Å². The molecule has 2 aromatic rings. The highest BCUT2D eigenvalue weighted by molar-refractivity contribution is 7.13. The Morgan fingerprint density at radius 1 is 1.07 bits per heavy atom. The zero-order valence-electron chi connectivity index (χ0n) is 27.1. The first-order valence-electron chi connectivity index (χ1n) is 15.2. The maximum absolute atomic E-state index is 13.8. The van der Waals surface area contributed by atoms with E-state index in [0.717, 1.165) is 21.7 Å². The summed E-state index contributed by atoms with van der Waals surface area (Å²) in [4.78, 5) is 60.3. The standard InChI is InChI=1S/C32H45N5O7S/c1-19-26(45-18-34-19)21-10-8-20(9-11-21)13-33-28(40)24-12-22(38)14-37(24)29(41)27(31(2,3)4)35-25(39)17-43-23-15-36(16-23)30(42)44-32(5,6)7/h8-11,18,22-24,27,38H,12-17H2,1-7H3,(H,33,40)(H,35,39)/t22-,24+,27-/m1/s1. The van der Waals surface area contributed by atoms with Crippen LogP contribution in [0.15, 0.2) is 29.8 Å². The molecule has 45 heavy (non-hydrogen) atoms. The summed E-state index contributed by atoms with van der Waals surface area (Å²) in [6.07, 6.45) is -1.51. The molecule has 1 aromatic carbocycles. The molecule has 0 aliphatic carbocycles. The van der Waals surface area contributed by atoms with Crippen LogP contribution in [0.4, 0.5) is 4.79 Å². The van der Waals surface area contributed by atoms with Crippen molar-refractivity contribution in [3.05, 3.63) is 41.0 Å². The summed E-state index contributed by atoms with van der Waals surface area (Å²) in [5, 5.41) is 16.1. The second-order valence-electron chi connectivity index (χ2n) is 13.8. The molecule has 0 unspecified atom stereocenters. The maximum atomic E-state index is 13.8. The van der Waals surface area contributed by atoms with Gasteiger partial charge in [-0.2, -0.15) is 0 Å². The molecule has 2 fully saturated rings. The normalized spacial score (nSPS) is 19.6. The number of carbonyl (C=O) groups is 4. The van der Waals surface area contributed by atoms with Crippen molar-refractivity contribution >= 4 is 35.2 Å². The lowest BCUT2D eigenvalue weighted by atomic mass is 9.85. The number of hydrogen-bond donors (Lipinski definition) is 3. The van der Waals surface area contributed by atoms with Crippen molar-refractivity contribution < 1.29 is 33.8 Å². The van der Waals surface area contributed by atoms with Gasteiger partial charge in [0.1, 0.15) is 24.3 Å². The molecule has 13 heteroatoms. The van der Waals surface area contributed by atoms with Gasteiger partial charge in [0.25, 0.3) is 0 Å². The molecule has 0 radical (unpaired) electrons. The van der Waals surface area contributed by atoms with Crippen LogP contribution in [0.25, 0.3) is 10.4 Å². The third-order valence-corrected chi connectivity index (χ3v) is 8.64. The zero-order chi connectivity index (χ0) is 33.1. The van der Waals surface area contributed by atoms with Gasteiger partial charge in [-0.15, -0.1) is 11.3 Å². The second kappa shape index (κ2) is 13.8. The SMILES string of the molecule is Cc1ncsc1-c1ccc(CNC(=O)[C@@H]2C[C@@H](O)CN2C(=O)[C@@H](NC(=O)COC2CN(C(=O)OC(C)(C)C)C2)C(C)(C)C)cc1. The summed E-state index contributed by atoms with van der Waals surface area (Å²) in [6, 6.07) is 6.01. The minimum absolute atomic E-state index is 0.0126. The van der Waals surface area contributed by atoms with Crippen LogP contribution >= 0.6 is 11.3 Å². The average molecular weight is 644 g/mol. The maximum Gasteiger partial charge on any atom is 0.410 e. The quantitative estimate of drug-likeness (QED) is 0.378. The first-order valence-corrected chi connectivity index (χ1v) is 16.0. The summed E-state index contributed by atoms with van der Waals surface area (Å²) in [6.45, 7) is 13.4. The van der Waals surface area contributed by atoms with Crippen LogP contribution < -0.4 is 10.6 Å². The Morgan fingerprint density at radius 3 is 2.31 bits per heavy atom. The molecule has 2 aliphatic rings. The van der Waals surface area contributed by atoms with E-state index >= 15 is 0 Å². The summed E-state index contributed by atoms with van der Waals surface area (Å²) in [5.74, 6) is -1.31. The average Bonchev–Trinajstić information content (AvgIpc) is 3.53. The van der Waals surface area contributed by atoms with Crippen molar-refractivity contribution in [1.29, 1.82) is 0 Å². The van der Waals surface area contributed by atoms with Gasteiger partial charge in [-0.3, -0.25) is 14.4 Å². The smallest absolute Gasteiger partial charge is 0.410 e. The third kappa shape index (κ3) is 9.01. The van der Waals surface area contributed by atoms with E-state index in [2.05, 4.69) is 15.6 Å². The number of carbonyl (C=O) groups excluding carboxylic acids is 4. The first kappa shape index (κ1) is 34.3. The number of aromatic nitrogens is 1. The lowest BCUT2D eigenvalue weighted by molar-refractivity contribution is -0.145. The van der Waals surface area contributed by atoms with Crippen LogP contribution in [0.1, 0.15) is 59.2 Å². The van der Waals surface area contributed by atoms with Crippen LogP contribution in [0.3, 0.4) is 0 Å². The molecule has 1 aromatic heterocycles. The number of aliphatic hydroxyl groups excluding tert-OH is 1. The van der Waals surface area contributed by atoms with Gasteiger partial charge in [0.05, 0.1) is 41.4 Å². The first-order chi connectivity index (χ1) is 21.0. The van der Waals surface area contributed by atoms with Gasteiger partial charge in [-0.25, -0.2) is 9.78 Å². The van der Waals surface area contributed by atoms with E-state index in [1.165, 1.54) is 9.80 Å². The summed E-state index contributed by atoms with van der Waals surface area (Å²) in [7, 11) is 0. The van der Waals surface area contributed by atoms with Gasteiger partial charge in [-0.1, -0.05) is 45.0 Å². The fourth-order valence-electron chi connectivity index (χ4n) is 5.20. The molecule has 3 heterocycles. The molecule has 2 saturated heterocycles. The van der Waals surface area contributed by atoms with Gasteiger partial charge in [0.15, 0.2) is 0 Å². The number of rotatable bonds is 9. The number of benzene rings is 1. The van der Waals surface area contributed by atoms with Crippen LogP contribution in [0, 0.1) is 12.3 Å². The predicted octanol–water partition coefficient (Wildman–Crippen LogP) is 2.86. The molecule has 3 atom stereocenters. The highest BCUT2D eigenvalue weighted by atomic mass is 32.1. The summed E-state index contributed by atoms with van der Waals surface area (Å²) < 4.78 is 11.0. The minimum atomic E-state index is -0.961. The van der Waals surface area contributed by atoms with E-state index in [1.807, 2.05) is 57.5 Å². The van der Waals surface area contributed by atoms with Crippen molar-refractivity contribution in [3.8, 4) is 10.4 Å². The molecule has 2 aliphatic heterocycles. The second-order valence-corrected chi connectivity index (χ2v) is 14.6. The lowest BCUT2D eigenvalue weighted by Gasteiger charge is -2.39. The number of aliphatic hydroxyl groups is 1. The fraction of sp³-hybridized carbons (Fsp3) is 0.594.